The maximum Gasteiger partial charge on any atom is 0.248 e. The molecule has 0 bridgehead atoms. The fourth-order valence-electron chi connectivity index (χ4n) is 0.992. The third-order valence-corrected chi connectivity index (χ3v) is 1.69. The summed E-state index contributed by atoms with van der Waals surface area (Å²) in [5.41, 5.74) is 6.91. The minimum absolute atomic E-state index is 0.0434. The van der Waals surface area contributed by atoms with Crippen LogP contribution in [0.15, 0.2) is 23.3 Å². The molecule has 0 heterocycles. The van der Waals surface area contributed by atoms with Crippen LogP contribution in [0.5, 0.6) is 0 Å². The molecule has 84 valence electrons. The van der Waals surface area contributed by atoms with Crippen molar-refractivity contribution in [3.8, 4) is 12.1 Å². The third kappa shape index (κ3) is 3.29. The summed E-state index contributed by atoms with van der Waals surface area (Å²) < 4.78 is 13.0. The van der Waals surface area contributed by atoms with Crippen molar-refractivity contribution in [2.45, 2.75) is 0 Å². The van der Waals surface area contributed by atoms with Crippen LogP contribution in [0.1, 0.15) is 10.4 Å². The Morgan fingerprint density at radius 1 is 1.35 bits per heavy atom. The second-order valence-corrected chi connectivity index (χ2v) is 2.89. The molecular formula is C10H6FN5O. The van der Waals surface area contributed by atoms with Crippen LogP contribution in [0.4, 0.5) is 10.1 Å². The summed E-state index contributed by atoms with van der Waals surface area (Å²) in [7, 11) is 0. The van der Waals surface area contributed by atoms with E-state index in [2.05, 4.69) is 10.5 Å². The summed E-state index contributed by atoms with van der Waals surface area (Å²) >= 11 is 0. The molecule has 7 heteroatoms. The molecule has 0 saturated heterocycles. The molecule has 1 aromatic rings. The van der Waals surface area contributed by atoms with Gasteiger partial charge in [-0.25, -0.2) is 4.39 Å². The van der Waals surface area contributed by atoms with Crippen LogP contribution >= 0.6 is 0 Å². The third-order valence-electron chi connectivity index (χ3n) is 1.69. The van der Waals surface area contributed by atoms with Gasteiger partial charge in [-0.3, -0.25) is 10.2 Å². The van der Waals surface area contributed by atoms with Gasteiger partial charge in [-0.1, -0.05) is 0 Å². The van der Waals surface area contributed by atoms with E-state index in [1.54, 1.807) is 0 Å². The SMILES string of the molecule is N#CC(C#N)=NNc1cc(F)cc(C(N)=O)c1. The number of amides is 1. The summed E-state index contributed by atoms with van der Waals surface area (Å²) in [6, 6.07) is 6.29. The number of nitrogens with two attached hydrogens (primary N) is 1. The van der Waals surface area contributed by atoms with Crippen LogP contribution in [0, 0.1) is 28.5 Å². The minimum atomic E-state index is -0.794. The van der Waals surface area contributed by atoms with Gasteiger partial charge < -0.3 is 5.73 Å². The maximum absolute atomic E-state index is 13.0. The number of hydrogen-bond donors (Lipinski definition) is 2. The lowest BCUT2D eigenvalue weighted by Crippen LogP contribution is -2.11. The molecule has 0 fully saturated rings. The van der Waals surface area contributed by atoms with Gasteiger partial charge in [0.25, 0.3) is 0 Å². The number of halogens is 1. The second-order valence-electron chi connectivity index (χ2n) is 2.89. The Bertz CT molecular complexity index is 551. The first-order valence-corrected chi connectivity index (χ1v) is 4.31. The number of benzene rings is 1. The van der Waals surface area contributed by atoms with Crippen molar-refractivity contribution in [2.75, 3.05) is 5.43 Å². The highest BCUT2D eigenvalue weighted by Crippen LogP contribution is 2.13. The topological polar surface area (TPSA) is 115 Å². The molecule has 6 nitrogen and oxygen atoms in total. The van der Waals surface area contributed by atoms with E-state index >= 15 is 0 Å². The normalized spacial score (nSPS) is 8.65. The summed E-state index contributed by atoms with van der Waals surface area (Å²) in [4.78, 5) is 10.8. The molecule has 0 aliphatic rings. The van der Waals surface area contributed by atoms with Gasteiger partial charge in [0, 0.05) is 5.56 Å². The number of hydrazone groups is 1. The molecule has 1 amide bonds. The number of rotatable bonds is 3. The van der Waals surface area contributed by atoms with Crippen LogP contribution < -0.4 is 11.2 Å². The fourth-order valence-corrected chi connectivity index (χ4v) is 0.992. The van der Waals surface area contributed by atoms with Crippen molar-refractivity contribution in [1.29, 1.82) is 10.5 Å². The van der Waals surface area contributed by atoms with E-state index in [0.717, 1.165) is 12.1 Å². The zero-order valence-electron chi connectivity index (χ0n) is 8.44. The Balaban J connectivity index is 3.02. The monoisotopic (exact) mass is 231 g/mol. The maximum atomic E-state index is 13.0. The first-order valence-electron chi connectivity index (χ1n) is 4.31. The fraction of sp³-hybridized carbons (Fsp3) is 0. The molecule has 0 aromatic heterocycles. The predicted molar refractivity (Wildman–Crippen MR) is 57.2 cm³/mol. The second kappa shape index (κ2) is 5.24. The lowest BCUT2D eigenvalue weighted by Gasteiger charge is -2.02. The summed E-state index contributed by atoms with van der Waals surface area (Å²) in [5.74, 6) is -1.48. The number of nitrogens with zero attached hydrogens (tertiary/aromatic N) is 3. The quantitative estimate of drug-likeness (QED) is 0.589. The van der Waals surface area contributed by atoms with Crippen molar-refractivity contribution in [1.82, 2.24) is 0 Å². The molecule has 0 saturated carbocycles. The average molecular weight is 231 g/mol. The lowest BCUT2D eigenvalue weighted by molar-refractivity contribution is 0.1000. The molecule has 17 heavy (non-hydrogen) atoms. The lowest BCUT2D eigenvalue weighted by atomic mass is 10.2. The van der Waals surface area contributed by atoms with E-state index < -0.39 is 17.4 Å². The summed E-state index contributed by atoms with van der Waals surface area (Å²) in [6.45, 7) is 0. The van der Waals surface area contributed by atoms with E-state index in [9.17, 15) is 9.18 Å². The van der Waals surface area contributed by atoms with E-state index in [-0.39, 0.29) is 11.3 Å². The molecule has 1 aromatic carbocycles. The molecule has 3 N–H and O–H groups in total. The van der Waals surface area contributed by atoms with Gasteiger partial charge >= 0.3 is 0 Å². The van der Waals surface area contributed by atoms with Crippen molar-refractivity contribution in [3.05, 3.63) is 29.6 Å². The molecular weight excluding hydrogens is 225 g/mol. The van der Waals surface area contributed by atoms with Gasteiger partial charge in [0.1, 0.15) is 18.0 Å². The van der Waals surface area contributed by atoms with Gasteiger partial charge in [-0.05, 0) is 18.2 Å². The van der Waals surface area contributed by atoms with Crippen LogP contribution in [-0.4, -0.2) is 11.6 Å². The molecule has 0 unspecified atom stereocenters. The van der Waals surface area contributed by atoms with E-state index in [1.807, 2.05) is 0 Å². The van der Waals surface area contributed by atoms with Crippen molar-refractivity contribution in [3.63, 3.8) is 0 Å². The van der Waals surface area contributed by atoms with Gasteiger partial charge in [0.2, 0.25) is 11.6 Å². The first-order chi connectivity index (χ1) is 8.06. The van der Waals surface area contributed by atoms with Crippen molar-refractivity contribution >= 4 is 17.3 Å². The smallest absolute Gasteiger partial charge is 0.248 e. The van der Waals surface area contributed by atoms with E-state index in [1.165, 1.54) is 18.2 Å². The molecule has 1 rings (SSSR count). The number of carbonyl (C=O) groups excluding carboxylic acids is 1. The van der Waals surface area contributed by atoms with Gasteiger partial charge in [-0.15, -0.1) is 0 Å². The molecule has 0 spiro atoms. The van der Waals surface area contributed by atoms with E-state index in [4.69, 9.17) is 16.3 Å². The molecule has 0 radical (unpaired) electrons. The highest BCUT2D eigenvalue weighted by Gasteiger charge is 2.05. The number of anilines is 1. The Kier molecular flexibility index (Phi) is 3.74. The molecule has 0 aliphatic heterocycles. The number of primary amides is 1. The van der Waals surface area contributed by atoms with Crippen LogP contribution in [-0.2, 0) is 0 Å². The number of hydrogen-bond acceptors (Lipinski definition) is 5. The molecule has 0 atom stereocenters. The molecule has 0 aliphatic carbocycles. The largest absolute Gasteiger partial charge is 0.366 e. The van der Waals surface area contributed by atoms with Crippen LogP contribution in [0.3, 0.4) is 0 Å². The van der Waals surface area contributed by atoms with Crippen molar-refractivity contribution < 1.29 is 9.18 Å². The first kappa shape index (κ1) is 12.1. The average Bonchev–Trinajstić information content (AvgIpc) is 2.29. The highest BCUT2D eigenvalue weighted by molar-refractivity contribution is 6.10. The van der Waals surface area contributed by atoms with Gasteiger partial charge in [0.05, 0.1) is 5.69 Å². The van der Waals surface area contributed by atoms with Crippen LogP contribution in [0.25, 0.3) is 0 Å². The van der Waals surface area contributed by atoms with Gasteiger partial charge in [0.15, 0.2) is 0 Å². The number of nitrogens with one attached hydrogen (secondary N) is 1. The highest BCUT2D eigenvalue weighted by atomic mass is 19.1. The van der Waals surface area contributed by atoms with Crippen LogP contribution in [0.2, 0.25) is 0 Å². The minimum Gasteiger partial charge on any atom is -0.366 e. The Morgan fingerprint density at radius 3 is 2.53 bits per heavy atom. The standard InChI is InChI=1S/C10H6FN5O/c11-7-1-6(10(14)17)2-8(3-7)15-16-9(4-12)5-13/h1-3,15H,(H2,14,17). The van der Waals surface area contributed by atoms with Gasteiger partial charge in [-0.2, -0.15) is 15.6 Å². The summed E-state index contributed by atoms with van der Waals surface area (Å²) in [6.07, 6.45) is 0. The zero-order valence-corrected chi connectivity index (χ0v) is 8.44. The predicted octanol–water partition coefficient (Wildman–Crippen LogP) is 0.740. The Hall–Kier alpha value is -2.93. The Morgan fingerprint density at radius 2 is 2.00 bits per heavy atom. The van der Waals surface area contributed by atoms with Crippen molar-refractivity contribution in [2.24, 2.45) is 10.8 Å². The number of nitriles is 2. The Labute approximate surface area is 95.8 Å². The summed E-state index contributed by atoms with van der Waals surface area (Å²) in [5, 5.41) is 20.2. The van der Waals surface area contributed by atoms with E-state index in [0.29, 0.717) is 0 Å². The number of carbonyl (C=O) groups is 1. The zero-order chi connectivity index (χ0) is 12.8.